The third-order valence-electron chi connectivity index (χ3n) is 4.99. The fraction of sp³-hybridized carbons (Fsp3) is 0.722. The summed E-state index contributed by atoms with van der Waals surface area (Å²) >= 11 is 0. The van der Waals surface area contributed by atoms with Gasteiger partial charge in [0.15, 0.2) is 5.78 Å². The molecule has 0 radical (unpaired) electrons. The zero-order valence-corrected chi connectivity index (χ0v) is 14.1. The lowest BCUT2D eigenvalue weighted by atomic mass is 9.95. The first kappa shape index (κ1) is 16.3. The van der Waals surface area contributed by atoms with Crippen molar-refractivity contribution >= 4 is 5.78 Å². The first-order chi connectivity index (χ1) is 10.1. The number of rotatable bonds is 6. The molecule has 21 heavy (non-hydrogen) atoms. The number of aryl methyl sites for hydroxylation is 1. The van der Waals surface area contributed by atoms with Crippen molar-refractivity contribution in [2.75, 3.05) is 19.6 Å². The number of aromatic nitrogens is 1. The van der Waals surface area contributed by atoms with Crippen LogP contribution in [0.25, 0.3) is 0 Å². The van der Waals surface area contributed by atoms with Crippen molar-refractivity contribution in [1.29, 1.82) is 0 Å². The lowest BCUT2D eigenvalue weighted by Crippen LogP contribution is -2.29. The van der Waals surface area contributed by atoms with Gasteiger partial charge in [-0.1, -0.05) is 33.1 Å². The second kappa shape index (κ2) is 7.26. The monoisotopic (exact) mass is 290 g/mol. The Morgan fingerprint density at radius 3 is 2.38 bits per heavy atom. The molecule has 0 aromatic carbocycles. The van der Waals surface area contributed by atoms with Crippen molar-refractivity contribution in [3.8, 4) is 0 Å². The zero-order chi connectivity index (χ0) is 15.4. The summed E-state index contributed by atoms with van der Waals surface area (Å²) < 4.78 is 2.43. The number of carbonyl (C=O) groups excluding carboxylic acids is 1. The number of carbonyl (C=O) groups is 1. The summed E-state index contributed by atoms with van der Waals surface area (Å²) in [6, 6.07) is 2.71. The Kier molecular flexibility index (Phi) is 5.63. The number of hydrogen-bond acceptors (Lipinski definition) is 2. The summed E-state index contributed by atoms with van der Waals surface area (Å²) in [5.74, 6) is 0.272. The molecule has 3 heteroatoms. The van der Waals surface area contributed by atoms with Gasteiger partial charge in [-0.3, -0.25) is 9.69 Å². The molecule has 118 valence electrons. The maximum absolute atomic E-state index is 12.6. The molecule has 0 unspecified atom stereocenters. The van der Waals surface area contributed by atoms with Gasteiger partial charge in [0.1, 0.15) is 0 Å². The van der Waals surface area contributed by atoms with E-state index in [2.05, 4.69) is 43.2 Å². The Labute approximate surface area is 129 Å². The number of likely N-dealkylation sites (N-methyl/N-ethyl adjacent to an activating group) is 1. The Balaban J connectivity index is 2.19. The van der Waals surface area contributed by atoms with Gasteiger partial charge in [0.05, 0.1) is 6.54 Å². The van der Waals surface area contributed by atoms with Crippen LogP contribution in [0.4, 0.5) is 0 Å². The summed E-state index contributed by atoms with van der Waals surface area (Å²) in [6.45, 7) is 10.9. The van der Waals surface area contributed by atoms with Crippen LogP contribution in [-0.4, -0.2) is 34.9 Å². The molecule has 0 spiro atoms. The van der Waals surface area contributed by atoms with Crippen molar-refractivity contribution in [2.24, 2.45) is 0 Å². The lowest BCUT2D eigenvalue weighted by Gasteiger charge is -2.26. The standard InChI is InChI=1S/C18H30N2O/c1-5-19(6-2)13-18(21)17-12-14(3)20(15(17)4)16-10-8-7-9-11-16/h12,16H,5-11,13H2,1-4H3. The van der Waals surface area contributed by atoms with Crippen molar-refractivity contribution in [2.45, 2.75) is 65.8 Å². The fourth-order valence-corrected chi connectivity index (χ4v) is 3.70. The molecule has 1 aliphatic carbocycles. The molecule has 0 atom stereocenters. The number of Topliss-reactive ketones (excluding diaryl/α,β-unsaturated/α-hetero) is 1. The molecule has 1 aliphatic rings. The minimum absolute atomic E-state index is 0.272. The molecule has 2 rings (SSSR count). The highest BCUT2D eigenvalue weighted by Gasteiger charge is 2.23. The van der Waals surface area contributed by atoms with E-state index in [0.717, 1.165) is 18.7 Å². The summed E-state index contributed by atoms with van der Waals surface area (Å²) in [6.07, 6.45) is 6.54. The first-order valence-corrected chi connectivity index (χ1v) is 8.52. The average molecular weight is 290 g/mol. The molecule has 0 N–H and O–H groups in total. The van der Waals surface area contributed by atoms with Gasteiger partial charge in [-0.15, -0.1) is 0 Å². The smallest absolute Gasteiger partial charge is 0.178 e. The predicted molar refractivity (Wildman–Crippen MR) is 88.1 cm³/mol. The second-order valence-corrected chi connectivity index (χ2v) is 6.33. The molecule has 0 aliphatic heterocycles. The molecular weight excluding hydrogens is 260 g/mol. The van der Waals surface area contributed by atoms with Gasteiger partial charge < -0.3 is 4.57 Å². The van der Waals surface area contributed by atoms with Crippen molar-refractivity contribution < 1.29 is 4.79 Å². The zero-order valence-electron chi connectivity index (χ0n) is 14.1. The normalized spacial score (nSPS) is 16.6. The van der Waals surface area contributed by atoms with E-state index in [1.165, 1.54) is 43.5 Å². The van der Waals surface area contributed by atoms with Crippen molar-refractivity contribution in [3.63, 3.8) is 0 Å². The molecule has 1 aromatic rings. The average Bonchev–Trinajstić information content (AvgIpc) is 2.80. The van der Waals surface area contributed by atoms with Crippen LogP contribution in [0, 0.1) is 13.8 Å². The second-order valence-electron chi connectivity index (χ2n) is 6.33. The minimum atomic E-state index is 0.272. The van der Waals surface area contributed by atoms with E-state index < -0.39 is 0 Å². The molecule has 1 heterocycles. The van der Waals surface area contributed by atoms with Crippen LogP contribution in [0.3, 0.4) is 0 Å². The van der Waals surface area contributed by atoms with Crippen molar-refractivity contribution in [1.82, 2.24) is 9.47 Å². The molecule has 0 amide bonds. The van der Waals surface area contributed by atoms with Crippen LogP contribution in [0.5, 0.6) is 0 Å². The molecule has 0 saturated heterocycles. The van der Waals surface area contributed by atoms with Gasteiger partial charge in [-0.05, 0) is 45.8 Å². The van der Waals surface area contributed by atoms with Gasteiger partial charge >= 0.3 is 0 Å². The van der Waals surface area contributed by atoms with Crippen LogP contribution in [-0.2, 0) is 0 Å². The van der Waals surface area contributed by atoms with Crippen molar-refractivity contribution in [3.05, 3.63) is 23.0 Å². The summed E-state index contributed by atoms with van der Waals surface area (Å²) in [7, 11) is 0. The van der Waals surface area contributed by atoms with Crippen LogP contribution in [0.2, 0.25) is 0 Å². The molecule has 1 fully saturated rings. The maximum atomic E-state index is 12.6. The number of ketones is 1. The Bertz CT molecular complexity index is 480. The number of hydrogen-bond donors (Lipinski definition) is 0. The minimum Gasteiger partial charge on any atom is -0.345 e. The third kappa shape index (κ3) is 3.57. The van der Waals surface area contributed by atoms with E-state index in [-0.39, 0.29) is 5.78 Å². The van der Waals surface area contributed by atoms with E-state index in [9.17, 15) is 4.79 Å². The highest BCUT2D eigenvalue weighted by atomic mass is 16.1. The van der Waals surface area contributed by atoms with Gasteiger partial charge in [0.25, 0.3) is 0 Å². The SMILES string of the molecule is CCN(CC)CC(=O)c1cc(C)n(C2CCCCC2)c1C. The fourth-order valence-electron chi connectivity index (χ4n) is 3.70. The van der Waals surface area contributed by atoms with E-state index in [1.807, 2.05) is 0 Å². The first-order valence-electron chi connectivity index (χ1n) is 8.52. The van der Waals surface area contributed by atoms with E-state index in [0.29, 0.717) is 12.6 Å². The van der Waals surface area contributed by atoms with Gasteiger partial charge in [-0.25, -0.2) is 0 Å². The van der Waals surface area contributed by atoms with Crippen LogP contribution in [0.1, 0.15) is 73.7 Å². The summed E-state index contributed by atoms with van der Waals surface area (Å²) in [4.78, 5) is 14.8. The summed E-state index contributed by atoms with van der Waals surface area (Å²) in [5, 5.41) is 0. The van der Waals surface area contributed by atoms with E-state index in [1.54, 1.807) is 0 Å². The topological polar surface area (TPSA) is 25.2 Å². The Morgan fingerprint density at radius 1 is 1.19 bits per heavy atom. The van der Waals surface area contributed by atoms with Crippen LogP contribution >= 0.6 is 0 Å². The van der Waals surface area contributed by atoms with Gasteiger partial charge in [0, 0.05) is 23.0 Å². The lowest BCUT2D eigenvalue weighted by molar-refractivity contribution is 0.0936. The highest BCUT2D eigenvalue weighted by Crippen LogP contribution is 2.32. The molecule has 1 saturated carbocycles. The highest BCUT2D eigenvalue weighted by molar-refractivity contribution is 5.99. The molecule has 0 bridgehead atoms. The largest absolute Gasteiger partial charge is 0.345 e. The van der Waals surface area contributed by atoms with Crippen LogP contribution in [0.15, 0.2) is 6.07 Å². The van der Waals surface area contributed by atoms with E-state index in [4.69, 9.17) is 0 Å². The maximum Gasteiger partial charge on any atom is 0.178 e. The van der Waals surface area contributed by atoms with E-state index >= 15 is 0 Å². The van der Waals surface area contributed by atoms with Crippen LogP contribution < -0.4 is 0 Å². The summed E-state index contributed by atoms with van der Waals surface area (Å²) in [5.41, 5.74) is 3.36. The molecule has 3 nitrogen and oxygen atoms in total. The Hall–Kier alpha value is -1.09. The quantitative estimate of drug-likeness (QED) is 0.736. The predicted octanol–water partition coefficient (Wildman–Crippen LogP) is 4.13. The number of nitrogens with zero attached hydrogens (tertiary/aromatic N) is 2. The third-order valence-corrected chi connectivity index (χ3v) is 4.99. The van der Waals surface area contributed by atoms with Gasteiger partial charge in [0.2, 0.25) is 0 Å². The molecular formula is C18H30N2O. The van der Waals surface area contributed by atoms with Gasteiger partial charge in [-0.2, -0.15) is 0 Å². The Morgan fingerprint density at radius 2 is 1.81 bits per heavy atom. The molecule has 1 aromatic heterocycles.